The molecule has 0 aliphatic carbocycles. The number of ether oxygens (including phenoxy) is 1. The van der Waals surface area contributed by atoms with Gasteiger partial charge in [-0.3, -0.25) is 24.1 Å². The maximum atomic E-state index is 12.5. The predicted octanol–water partition coefficient (Wildman–Crippen LogP) is 2.77. The minimum absolute atomic E-state index is 0.0604. The predicted molar refractivity (Wildman–Crippen MR) is 103 cm³/mol. The summed E-state index contributed by atoms with van der Waals surface area (Å²) in [6.07, 6.45) is 0.547. The molecule has 3 amide bonds. The topological polar surface area (TPSA) is 92.8 Å². The molecule has 1 aliphatic rings. The fraction of sp³-hybridized carbons (Fsp3) is 0.238. The minimum atomic E-state index is -0.406. The van der Waals surface area contributed by atoms with E-state index in [1.165, 1.54) is 30.0 Å². The molecule has 28 heavy (non-hydrogen) atoms. The first kappa shape index (κ1) is 19.4. The molecular weight excluding hydrogens is 360 g/mol. The van der Waals surface area contributed by atoms with E-state index >= 15 is 0 Å². The molecule has 144 valence electrons. The van der Waals surface area contributed by atoms with Gasteiger partial charge in [-0.1, -0.05) is 0 Å². The van der Waals surface area contributed by atoms with Crippen LogP contribution in [0.5, 0.6) is 0 Å². The number of carbonyl (C=O) groups is 4. The van der Waals surface area contributed by atoms with Crippen LogP contribution in [0.3, 0.4) is 0 Å². The number of nitrogens with zero attached hydrogens (tertiary/aromatic N) is 1. The Kier molecular flexibility index (Phi) is 5.65. The zero-order valence-corrected chi connectivity index (χ0v) is 15.7. The molecule has 0 radical (unpaired) electrons. The van der Waals surface area contributed by atoms with Crippen molar-refractivity contribution < 1.29 is 23.9 Å². The van der Waals surface area contributed by atoms with E-state index in [9.17, 15) is 19.2 Å². The number of hydrogen-bond acceptors (Lipinski definition) is 5. The van der Waals surface area contributed by atoms with E-state index in [-0.39, 0.29) is 29.4 Å². The molecule has 0 aromatic heterocycles. The quantitative estimate of drug-likeness (QED) is 0.453. The molecule has 2 aromatic rings. The second-order valence-corrected chi connectivity index (χ2v) is 6.46. The van der Waals surface area contributed by atoms with Crippen molar-refractivity contribution >= 4 is 29.2 Å². The first-order valence-electron chi connectivity index (χ1n) is 8.84. The molecule has 0 unspecified atom stereocenters. The van der Waals surface area contributed by atoms with Gasteiger partial charge < -0.3 is 10.1 Å². The Morgan fingerprint density at radius 2 is 1.61 bits per heavy atom. The van der Waals surface area contributed by atoms with Crippen molar-refractivity contribution in [3.05, 3.63) is 64.7 Å². The van der Waals surface area contributed by atoms with Gasteiger partial charge in [-0.15, -0.1) is 0 Å². The number of imide groups is 1. The zero-order chi connectivity index (χ0) is 20.3. The molecule has 3 rings (SSSR count). The van der Waals surface area contributed by atoms with Gasteiger partial charge in [-0.05, 0) is 55.8 Å². The Morgan fingerprint density at radius 1 is 0.964 bits per heavy atom. The number of ketones is 1. The lowest BCUT2D eigenvalue weighted by Crippen LogP contribution is -2.31. The van der Waals surface area contributed by atoms with Crippen LogP contribution in [-0.2, 0) is 4.74 Å². The lowest BCUT2D eigenvalue weighted by Gasteiger charge is -2.12. The first-order valence-corrected chi connectivity index (χ1v) is 8.84. The number of benzene rings is 2. The van der Waals surface area contributed by atoms with Crippen molar-refractivity contribution in [1.82, 2.24) is 4.90 Å². The van der Waals surface area contributed by atoms with Gasteiger partial charge in [0, 0.05) is 37.1 Å². The highest BCUT2D eigenvalue weighted by Gasteiger charge is 2.35. The van der Waals surface area contributed by atoms with Gasteiger partial charge in [0.15, 0.2) is 5.78 Å². The van der Waals surface area contributed by atoms with Crippen molar-refractivity contribution in [2.45, 2.75) is 13.3 Å². The lowest BCUT2D eigenvalue weighted by molar-refractivity contribution is 0.0638. The van der Waals surface area contributed by atoms with Gasteiger partial charge in [-0.2, -0.15) is 0 Å². The van der Waals surface area contributed by atoms with Crippen LogP contribution in [0.1, 0.15) is 54.8 Å². The van der Waals surface area contributed by atoms with E-state index in [1.807, 2.05) is 0 Å². The number of amides is 3. The summed E-state index contributed by atoms with van der Waals surface area (Å²) in [6.45, 7) is 2.18. The average Bonchev–Trinajstić information content (AvgIpc) is 2.93. The number of fused-ring (bicyclic) bond motifs is 1. The number of anilines is 1. The second kappa shape index (κ2) is 8.14. The maximum Gasteiger partial charge on any atom is 0.261 e. The molecule has 0 atom stereocenters. The molecule has 0 spiro atoms. The Labute approximate surface area is 162 Å². The summed E-state index contributed by atoms with van der Waals surface area (Å²) in [7, 11) is 1.56. The van der Waals surface area contributed by atoms with E-state index in [1.54, 1.807) is 31.4 Å². The molecule has 0 saturated heterocycles. The first-order chi connectivity index (χ1) is 13.4. The number of hydrogen-bond donors (Lipinski definition) is 1. The molecule has 0 fully saturated rings. The number of carbonyl (C=O) groups excluding carboxylic acids is 4. The van der Waals surface area contributed by atoms with Crippen molar-refractivity contribution in [3.63, 3.8) is 0 Å². The molecule has 0 bridgehead atoms. The normalized spacial score (nSPS) is 12.9. The summed E-state index contributed by atoms with van der Waals surface area (Å²) in [6, 6.07) is 11.0. The Balaban J connectivity index is 1.75. The standard InChI is InChI=1S/C21H20N2O5/c1-13(24)14-4-7-16(8-5-14)22-19(25)15-6-9-17-18(12-15)21(27)23(20(17)26)10-3-11-28-2/h4-9,12H,3,10-11H2,1-2H3,(H,22,25). The molecular formula is C21H20N2O5. The number of rotatable bonds is 7. The molecule has 1 heterocycles. The summed E-state index contributed by atoms with van der Waals surface area (Å²) >= 11 is 0. The smallest absolute Gasteiger partial charge is 0.261 e. The monoisotopic (exact) mass is 380 g/mol. The number of nitrogens with one attached hydrogen (secondary N) is 1. The molecule has 2 aromatic carbocycles. The number of methoxy groups -OCH3 is 1. The maximum absolute atomic E-state index is 12.5. The van der Waals surface area contributed by atoms with Crippen LogP contribution in [0, 0.1) is 0 Å². The third-order valence-electron chi connectivity index (χ3n) is 4.51. The molecule has 1 aliphatic heterocycles. The lowest BCUT2D eigenvalue weighted by atomic mass is 10.1. The van der Waals surface area contributed by atoms with Crippen LogP contribution in [0.15, 0.2) is 42.5 Å². The summed E-state index contributed by atoms with van der Waals surface area (Å²) in [5.41, 5.74) is 1.87. The van der Waals surface area contributed by atoms with E-state index in [4.69, 9.17) is 4.74 Å². The minimum Gasteiger partial charge on any atom is -0.385 e. The van der Waals surface area contributed by atoms with Gasteiger partial charge in [0.2, 0.25) is 0 Å². The highest BCUT2D eigenvalue weighted by molar-refractivity contribution is 6.22. The van der Waals surface area contributed by atoms with Crippen LogP contribution in [0.4, 0.5) is 5.69 Å². The van der Waals surface area contributed by atoms with Crippen LogP contribution in [-0.4, -0.2) is 48.7 Å². The summed E-state index contributed by atoms with van der Waals surface area (Å²) in [4.78, 5) is 49.9. The van der Waals surface area contributed by atoms with Crippen molar-refractivity contribution in [3.8, 4) is 0 Å². The zero-order valence-electron chi connectivity index (χ0n) is 15.7. The third-order valence-corrected chi connectivity index (χ3v) is 4.51. The van der Waals surface area contributed by atoms with Gasteiger partial charge in [0.25, 0.3) is 17.7 Å². The van der Waals surface area contributed by atoms with Crippen LogP contribution >= 0.6 is 0 Å². The van der Waals surface area contributed by atoms with Gasteiger partial charge in [0.05, 0.1) is 11.1 Å². The number of Topliss-reactive ketones (excluding diaryl/α,β-unsaturated/α-hetero) is 1. The fourth-order valence-corrected chi connectivity index (χ4v) is 2.99. The van der Waals surface area contributed by atoms with E-state index in [0.29, 0.717) is 29.8 Å². The van der Waals surface area contributed by atoms with Crippen molar-refractivity contribution in [2.75, 3.05) is 25.6 Å². The molecule has 0 saturated carbocycles. The summed E-state index contributed by atoms with van der Waals surface area (Å²) in [5.74, 6) is -1.23. The van der Waals surface area contributed by atoms with E-state index in [0.717, 1.165) is 0 Å². The van der Waals surface area contributed by atoms with Crippen LogP contribution in [0.2, 0.25) is 0 Å². The van der Waals surface area contributed by atoms with Gasteiger partial charge in [-0.25, -0.2) is 0 Å². The molecule has 7 nitrogen and oxygen atoms in total. The molecule has 1 N–H and O–H groups in total. The van der Waals surface area contributed by atoms with Crippen molar-refractivity contribution in [1.29, 1.82) is 0 Å². The molecule has 7 heteroatoms. The van der Waals surface area contributed by atoms with Crippen molar-refractivity contribution in [2.24, 2.45) is 0 Å². The van der Waals surface area contributed by atoms with Gasteiger partial charge in [0.1, 0.15) is 0 Å². The van der Waals surface area contributed by atoms with Crippen LogP contribution < -0.4 is 5.32 Å². The summed E-state index contributed by atoms with van der Waals surface area (Å²) in [5, 5.41) is 2.72. The highest BCUT2D eigenvalue weighted by Crippen LogP contribution is 2.24. The average molecular weight is 380 g/mol. The second-order valence-electron chi connectivity index (χ2n) is 6.46. The van der Waals surface area contributed by atoms with E-state index in [2.05, 4.69) is 5.32 Å². The Bertz CT molecular complexity index is 950. The van der Waals surface area contributed by atoms with Crippen LogP contribution in [0.25, 0.3) is 0 Å². The fourth-order valence-electron chi connectivity index (χ4n) is 2.99. The largest absolute Gasteiger partial charge is 0.385 e. The SMILES string of the molecule is COCCCN1C(=O)c2ccc(C(=O)Nc3ccc(C(C)=O)cc3)cc2C1=O. The highest BCUT2D eigenvalue weighted by atomic mass is 16.5. The summed E-state index contributed by atoms with van der Waals surface area (Å²) < 4.78 is 4.96. The Morgan fingerprint density at radius 3 is 2.25 bits per heavy atom. The Hall–Kier alpha value is -3.32. The van der Waals surface area contributed by atoms with Gasteiger partial charge >= 0.3 is 0 Å². The third kappa shape index (κ3) is 3.84. The van der Waals surface area contributed by atoms with E-state index < -0.39 is 11.8 Å².